The van der Waals surface area contributed by atoms with Gasteiger partial charge >= 0.3 is 0 Å². The van der Waals surface area contributed by atoms with Gasteiger partial charge in [-0.15, -0.1) is 0 Å². The van der Waals surface area contributed by atoms with Crippen molar-refractivity contribution < 1.29 is 5.11 Å². The molecule has 0 saturated carbocycles. The minimum atomic E-state index is -0.241. The molecule has 0 amide bonds. The topological polar surface area (TPSA) is 58.0 Å². The number of aliphatic hydroxyl groups excluding tert-OH is 1. The van der Waals surface area contributed by atoms with Crippen molar-refractivity contribution in [1.29, 1.82) is 0 Å². The van der Waals surface area contributed by atoms with Gasteiger partial charge in [0.05, 0.1) is 11.8 Å². The van der Waals surface area contributed by atoms with E-state index in [2.05, 4.69) is 15.5 Å². The van der Waals surface area contributed by atoms with E-state index < -0.39 is 0 Å². The van der Waals surface area contributed by atoms with E-state index in [1.165, 1.54) is 0 Å². The van der Waals surface area contributed by atoms with Crippen LogP contribution >= 0.6 is 0 Å². The van der Waals surface area contributed by atoms with Crippen LogP contribution in [-0.2, 0) is 6.54 Å². The molecule has 0 bridgehead atoms. The second-order valence-electron chi connectivity index (χ2n) is 3.03. The maximum atomic E-state index is 8.98. The van der Waals surface area contributed by atoms with E-state index in [0.717, 1.165) is 18.7 Å². The van der Waals surface area contributed by atoms with Crippen LogP contribution in [0.2, 0.25) is 0 Å². The summed E-state index contributed by atoms with van der Waals surface area (Å²) in [6.45, 7) is 3.29. The fourth-order valence-electron chi connectivity index (χ4n) is 0.955. The Morgan fingerprint density at radius 2 is 2.46 bits per heavy atom. The van der Waals surface area contributed by atoms with Gasteiger partial charge in [0.25, 0.3) is 0 Å². The third-order valence-electron chi connectivity index (χ3n) is 1.67. The van der Waals surface area contributed by atoms with Crippen molar-refractivity contribution in [3.63, 3.8) is 0 Å². The van der Waals surface area contributed by atoms with Gasteiger partial charge in [0.15, 0.2) is 0 Å². The molecule has 0 aromatic carbocycles. The molecule has 1 rings (SSSR count). The summed E-state index contributed by atoms with van der Waals surface area (Å²) in [6, 6.07) is 3.78. The fourth-order valence-corrected chi connectivity index (χ4v) is 0.955. The summed E-state index contributed by atoms with van der Waals surface area (Å²) in [5, 5.41) is 19.8. The first-order chi connectivity index (χ1) is 6.29. The van der Waals surface area contributed by atoms with Crippen molar-refractivity contribution in [1.82, 2.24) is 15.5 Å². The van der Waals surface area contributed by atoms with Crippen molar-refractivity contribution in [2.75, 3.05) is 6.54 Å². The molecular weight excluding hydrogens is 166 g/mol. The van der Waals surface area contributed by atoms with Gasteiger partial charge in [0.2, 0.25) is 0 Å². The van der Waals surface area contributed by atoms with Gasteiger partial charge in [-0.05, 0) is 32.0 Å². The van der Waals surface area contributed by atoms with Crippen LogP contribution in [0.25, 0.3) is 0 Å². The number of hydrogen-bond donors (Lipinski definition) is 2. The fraction of sp³-hybridized carbons (Fsp3) is 0.556. The molecule has 0 fully saturated rings. The number of nitrogens with zero attached hydrogens (tertiary/aromatic N) is 2. The molecule has 1 aromatic heterocycles. The lowest BCUT2D eigenvalue weighted by Crippen LogP contribution is -2.19. The van der Waals surface area contributed by atoms with Gasteiger partial charge in [-0.1, -0.05) is 0 Å². The molecule has 1 aromatic rings. The van der Waals surface area contributed by atoms with Gasteiger partial charge in [-0.25, -0.2) is 0 Å². The van der Waals surface area contributed by atoms with Crippen molar-refractivity contribution >= 4 is 0 Å². The molecule has 4 heteroatoms. The quantitative estimate of drug-likeness (QED) is 0.643. The van der Waals surface area contributed by atoms with Crippen LogP contribution in [0.1, 0.15) is 19.0 Å². The average molecular weight is 181 g/mol. The SMILES string of the molecule is CC(O)CCNCc1cccnn1. The zero-order valence-corrected chi connectivity index (χ0v) is 7.77. The predicted molar refractivity (Wildman–Crippen MR) is 50.0 cm³/mol. The summed E-state index contributed by atoms with van der Waals surface area (Å²) >= 11 is 0. The number of nitrogens with one attached hydrogen (secondary N) is 1. The Bertz CT molecular complexity index is 226. The number of rotatable bonds is 5. The van der Waals surface area contributed by atoms with Gasteiger partial charge in [0.1, 0.15) is 0 Å². The van der Waals surface area contributed by atoms with E-state index in [4.69, 9.17) is 5.11 Å². The lowest BCUT2D eigenvalue weighted by Gasteiger charge is -2.04. The Morgan fingerprint density at radius 1 is 1.62 bits per heavy atom. The van der Waals surface area contributed by atoms with Crippen molar-refractivity contribution in [3.8, 4) is 0 Å². The number of hydrogen-bond acceptors (Lipinski definition) is 4. The van der Waals surface area contributed by atoms with Crippen molar-refractivity contribution in [2.24, 2.45) is 0 Å². The molecule has 0 saturated heterocycles. The molecular formula is C9H15N3O. The molecule has 0 aliphatic carbocycles. The number of aromatic nitrogens is 2. The van der Waals surface area contributed by atoms with E-state index in [1.807, 2.05) is 12.1 Å². The normalized spacial score (nSPS) is 12.8. The third kappa shape index (κ3) is 4.55. The zero-order valence-electron chi connectivity index (χ0n) is 7.77. The molecule has 0 radical (unpaired) electrons. The first kappa shape index (κ1) is 10.1. The molecule has 0 aliphatic heterocycles. The van der Waals surface area contributed by atoms with Gasteiger partial charge in [-0.3, -0.25) is 0 Å². The second-order valence-corrected chi connectivity index (χ2v) is 3.03. The Hall–Kier alpha value is -1.00. The lowest BCUT2D eigenvalue weighted by molar-refractivity contribution is 0.183. The maximum Gasteiger partial charge on any atom is 0.0768 e. The second kappa shape index (κ2) is 5.61. The first-order valence-electron chi connectivity index (χ1n) is 4.44. The van der Waals surface area contributed by atoms with Crippen LogP contribution in [0.15, 0.2) is 18.3 Å². The van der Waals surface area contributed by atoms with Crippen LogP contribution in [0.4, 0.5) is 0 Å². The Labute approximate surface area is 78.0 Å². The summed E-state index contributed by atoms with van der Waals surface area (Å²) in [5.41, 5.74) is 0.924. The summed E-state index contributed by atoms with van der Waals surface area (Å²) in [6.07, 6.45) is 2.17. The van der Waals surface area contributed by atoms with Gasteiger partial charge in [0, 0.05) is 12.7 Å². The van der Waals surface area contributed by atoms with E-state index in [1.54, 1.807) is 13.1 Å². The highest BCUT2D eigenvalue weighted by molar-refractivity contribution is 4.98. The van der Waals surface area contributed by atoms with Crippen LogP contribution in [-0.4, -0.2) is 28.0 Å². The smallest absolute Gasteiger partial charge is 0.0768 e. The molecule has 1 heterocycles. The molecule has 1 unspecified atom stereocenters. The molecule has 4 nitrogen and oxygen atoms in total. The summed E-state index contributed by atoms with van der Waals surface area (Å²) < 4.78 is 0. The summed E-state index contributed by atoms with van der Waals surface area (Å²) in [5.74, 6) is 0. The zero-order chi connectivity index (χ0) is 9.52. The summed E-state index contributed by atoms with van der Waals surface area (Å²) in [7, 11) is 0. The molecule has 72 valence electrons. The van der Waals surface area contributed by atoms with Crippen LogP contribution in [0.5, 0.6) is 0 Å². The molecule has 2 N–H and O–H groups in total. The minimum absolute atomic E-state index is 0.241. The van der Waals surface area contributed by atoms with Gasteiger partial charge in [-0.2, -0.15) is 10.2 Å². The Kier molecular flexibility index (Phi) is 4.35. The summed E-state index contributed by atoms with van der Waals surface area (Å²) in [4.78, 5) is 0. The maximum absolute atomic E-state index is 8.98. The number of aliphatic hydroxyl groups is 1. The lowest BCUT2D eigenvalue weighted by atomic mass is 10.3. The van der Waals surface area contributed by atoms with E-state index >= 15 is 0 Å². The third-order valence-corrected chi connectivity index (χ3v) is 1.67. The minimum Gasteiger partial charge on any atom is -0.393 e. The monoisotopic (exact) mass is 181 g/mol. The van der Waals surface area contributed by atoms with Crippen molar-refractivity contribution in [2.45, 2.75) is 26.0 Å². The van der Waals surface area contributed by atoms with E-state index in [9.17, 15) is 0 Å². The van der Waals surface area contributed by atoms with Crippen LogP contribution < -0.4 is 5.32 Å². The predicted octanol–water partition coefficient (Wildman–Crippen LogP) is 0.337. The Morgan fingerprint density at radius 3 is 3.08 bits per heavy atom. The standard InChI is InChI=1S/C9H15N3O/c1-8(13)4-6-10-7-9-3-2-5-11-12-9/h2-3,5,8,10,13H,4,6-7H2,1H3. The largest absolute Gasteiger partial charge is 0.393 e. The van der Waals surface area contributed by atoms with Crippen LogP contribution in [0.3, 0.4) is 0 Å². The molecule has 0 spiro atoms. The van der Waals surface area contributed by atoms with E-state index in [0.29, 0.717) is 6.54 Å². The highest BCUT2D eigenvalue weighted by atomic mass is 16.3. The molecule has 1 atom stereocenters. The van der Waals surface area contributed by atoms with Gasteiger partial charge < -0.3 is 10.4 Å². The van der Waals surface area contributed by atoms with Crippen molar-refractivity contribution in [3.05, 3.63) is 24.0 Å². The molecule has 13 heavy (non-hydrogen) atoms. The average Bonchev–Trinajstić information content (AvgIpc) is 2.14. The highest BCUT2D eigenvalue weighted by Gasteiger charge is 1.95. The van der Waals surface area contributed by atoms with Crippen LogP contribution in [0, 0.1) is 0 Å². The molecule has 0 aliphatic rings. The Balaban J connectivity index is 2.13. The van der Waals surface area contributed by atoms with E-state index in [-0.39, 0.29) is 6.10 Å². The highest BCUT2D eigenvalue weighted by Crippen LogP contribution is 1.91. The first-order valence-corrected chi connectivity index (χ1v) is 4.44.